The van der Waals surface area contributed by atoms with Gasteiger partial charge in [-0.2, -0.15) is 0 Å². The highest BCUT2D eigenvalue weighted by Crippen LogP contribution is 2.26. The molecule has 0 saturated heterocycles. The molecular formula is C11H14ClN3. The average Bonchev–Trinajstić information content (AvgIpc) is 2.59. The minimum Gasteiger partial charge on any atom is -0.370 e. The van der Waals surface area contributed by atoms with Crippen LogP contribution in [0.5, 0.6) is 0 Å². The first-order valence-electron chi connectivity index (χ1n) is 5.04. The van der Waals surface area contributed by atoms with Crippen LogP contribution in [0, 0.1) is 0 Å². The van der Waals surface area contributed by atoms with Crippen molar-refractivity contribution in [1.29, 1.82) is 0 Å². The highest BCUT2D eigenvalue weighted by molar-refractivity contribution is 6.30. The van der Waals surface area contributed by atoms with Gasteiger partial charge in [-0.05, 0) is 24.6 Å². The summed E-state index contributed by atoms with van der Waals surface area (Å²) < 4.78 is 0. The summed E-state index contributed by atoms with van der Waals surface area (Å²) in [5, 5.41) is 0.758. The molecule has 0 saturated carbocycles. The van der Waals surface area contributed by atoms with E-state index in [0.29, 0.717) is 5.96 Å². The maximum Gasteiger partial charge on any atom is 0.191 e. The molecule has 4 heteroatoms. The molecule has 0 spiro atoms. The van der Waals surface area contributed by atoms with E-state index in [1.165, 1.54) is 5.56 Å². The first kappa shape index (κ1) is 10.3. The summed E-state index contributed by atoms with van der Waals surface area (Å²) in [5.41, 5.74) is 6.97. The zero-order valence-electron chi connectivity index (χ0n) is 8.65. The molecule has 15 heavy (non-hydrogen) atoms. The molecule has 1 aromatic rings. The molecule has 1 atom stereocenters. The quantitative estimate of drug-likeness (QED) is 0.834. The number of nitrogens with zero attached hydrogens (tertiary/aromatic N) is 2. The third kappa shape index (κ3) is 1.92. The molecule has 0 radical (unpaired) electrons. The van der Waals surface area contributed by atoms with Gasteiger partial charge in [0.05, 0.1) is 12.6 Å². The number of hydrogen-bond acceptors (Lipinski definition) is 3. The van der Waals surface area contributed by atoms with Gasteiger partial charge < -0.3 is 10.6 Å². The predicted molar refractivity (Wildman–Crippen MR) is 63.1 cm³/mol. The molecule has 1 aliphatic rings. The lowest BCUT2D eigenvalue weighted by atomic mass is 10.1. The van der Waals surface area contributed by atoms with Gasteiger partial charge in [0.15, 0.2) is 5.96 Å². The van der Waals surface area contributed by atoms with Crippen LogP contribution in [0.4, 0.5) is 0 Å². The van der Waals surface area contributed by atoms with Crippen molar-refractivity contribution in [3.8, 4) is 0 Å². The number of halogens is 1. The number of aliphatic imine (C=N–C) groups is 1. The number of rotatable bonds is 2. The molecule has 1 aromatic carbocycles. The van der Waals surface area contributed by atoms with Gasteiger partial charge in [-0.1, -0.05) is 23.7 Å². The van der Waals surface area contributed by atoms with Crippen LogP contribution in [0.3, 0.4) is 0 Å². The van der Waals surface area contributed by atoms with E-state index >= 15 is 0 Å². The molecular weight excluding hydrogens is 210 g/mol. The standard InChI is InChI=1S/C11H14ClN3/c1-2-15-10(7-14-11(15)13)8-4-3-5-9(12)6-8/h3-6,10H,2,7H2,1H3,(H2,13,14). The zero-order chi connectivity index (χ0) is 10.8. The van der Waals surface area contributed by atoms with E-state index in [1.54, 1.807) is 0 Å². The second kappa shape index (κ2) is 4.11. The van der Waals surface area contributed by atoms with Crippen LogP contribution in [0.15, 0.2) is 29.3 Å². The van der Waals surface area contributed by atoms with Gasteiger partial charge in [0, 0.05) is 11.6 Å². The van der Waals surface area contributed by atoms with Crippen LogP contribution < -0.4 is 5.73 Å². The van der Waals surface area contributed by atoms with Crippen molar-refractivity contribution in [2.75, 3.05) is 13.1 Å². The lowest BCUT2D eigenvalue weighted by Crippen LogP contribution is -2.35. The van der Waals surface area contributed by atoms with Gasteiger partial charge in [-0.15, -0.1) is 0 Å². The SMILES string of the molecule is CCN1C(N)=NCC1c1cccc(Cl)c1. The molecule has 80 valence electrons. The summed E-state index contributed by atoms with van der Waals surface area (Å²) in [6.45, 7) is 3.66. The van der Waals surface area contributed by atoms with Crippen LogP contribution >= 0.6 is 11.6 Å². The Morgan fingerprint density at radius 2 is 2.40 bits per heavy atom. The Morgan fingerprint density at radius 3 is 3.07 bits per heavy atom. The van der Waals surface area contributed by atoms with E-state index in [9.17, 15) is 0 Å². The maximum atomic E-state index is 5.96. The van der Waals surface area contributed by atoms with Crippen molar-refractivity contribution >= 4 is 17.6 Å². The molecule has 2 N–H and O–H groups in total. The van der Waals surface area contributed by atoms with Gasteiger partial charge in [0.2, 0.25) is 0 Å². The normalized spacial score (nSPS) is 20.5. The van der Waals surface area contributed by atoms with Crippen molar-refractivity contribution in [2.24, 2.45) is 10.7 Å². The number of benzene rings is 1. The molecule has 3 nitrogen and oxygen atoms in total. The molecule has 2 rings (SSSR count). The molecule has 1 heterocycles. The fourth-order valence-corrected chi connectivity index (χ4v) is 2.11. The Bertz CT molecular complexity index is 389. The Kier molecular flexibility index (Phi) is 2.82. The van der Waals surface area contributed by atoms with Crippen molar-refractivity contribution in [3.63, 3.8) is 0 Å². The first-order chi connectivity index (χ1) is 7.22. The van der Waals surface area contributed by atoms with Crippen LogP contribution in [-0.4, -0.2) is 23.9 Å². The van der Waals surface area contributed by atoms with Crippen molar-refractivity contribution in [1.82, 2.24) is 4.90 Å². The largest absolute Gasteiger partial charge is 0.370 e. The minimum absolute atomic E-state index is 0.244. The van der Waals surface area contributed by atoms with Gasteiger partial charge in [-0.3, -0.25) is 4.99 Å². The van der Waals surface area contributed by atoms with Crippen molar-refractivity contribution in [2.45, 2.75) is 13.0 Å². The summed E-state index contributed by atoms with van der Waals surface area (Å²) in [7, 11) is 0. The molecule has 1 aliphatic heterocycles. The van der Waals surface area contributed by atoms with Gasteiger partial charge in [0.1, 0.15) is 0 Å². The first-order valence-corrected chi connectivity index (χ1v) is 5.42. The van der Waals surface area contributed by atoms with E-state index in [4.69, 9.17) is 17.3 Å². The molecule has 0 aromatic heterocycles. The van der Waals surface area contributed by atoms with Gasteiger partial charge in [0.25, 0.3) is 0 Å². The third-order valence-electron chi connectivity index (χ3n) is 2.67. The molecule has 0 aliphatic carbocycles. The third-order valence-corrected chi connectivity index (χ3v) is 2.91. The van der Waals surface area contributed by atoms with Gasteiger partial charge in [-0.25, -0.2) is 0 Å². The number of nitrogens with two attached hydrogens (primary N) is 1. The van der Waals surface area contributed by atoms with Crippen LogP contribution in [0.2, 0.25) is 5.02 Å². The second-order valence-electron chi connectivity index (χ2n) is 3.56. The van der Waals surface area contributed by atoms with Gasteiger partial charge >= 0.3 is 0 Å². The zero-order valence-corrected chi connectivity index (χ0v) is 9.41. The topological polar surface area (TPSA) is 41.6 Å². The summed E-state index contributed by atoms with van der Waals surface area (Å²) in [6, 6.07) is 8.12. The molecule has 0 amide bonds. The van der Waals surface area contributed by atoms with E-state index in [1.807, 2.05) is 18.2 Å². The Labute approximate surface area is 94.5 Å². The Morgan fingerprint density at radius 1 is 1.60 bits per heavy atom. The Balaban J connectivity index is 2.26. The minimum atomic E-state index is 0.244. The van der Waals surface area contributed by atoms with E-state index < -0.39 is 0 Å². The van der Waals surface area contributed by atoms with Crippen molar-refractivity contribution in [3.05, 3.63) is 34.9 Å². The maximum absolute atomic E-state index is 5.96. The van der Waals surface area contributed by atoms with E-state index in [-0.39, 0.29) is 6.04 Å². The molecule has 0 fully saturated rings. The number of guanidine groups is 1. The summed E-state index contributed by atoms with van der Waals surface area (Å²) >= 11 is 5.96. The monoisotopic (exact) mass is 223 g/mol. The smallest absolute Gasteiger partial charge is 0.191 e. The highest BCUT2D eigenvalue weighted by atomic mass is 35.5. The van der Waals surface area contributed by atoms with E-state index in [2.05, 4.69) is 22.9 Å². The fourth-order valence-electron chi connectivity index (χ4n) is 1.91. The lowest BCUT2D eigenvalue weighted by Gasteiger charge is -2.24. The second-order valence-corrected chi connectivity index (χ2v) is 3.99. The highest BCUT2D eigenvalue weighted by Gasteiger charge is 2.25. The summed E-state index contributed by atoms with van der Waals surface area (Å²) in [6.07, 6.45) is 0. The van der Waals surface area contributed by atoms with Crippen LogP contribution in [-0.2, 0) is 0 Å². The van der Waals surface area contributed by atoms with Crippen LogP contribution in [0.1, 0.15) is 18.5 Å². The lowest BCUT2D eigenvalue weighted by molar-refractivity contribution is 0.364. The average molecular weight is 224 g/mol. The molecule has 0 bridgehead atoms. The number of hydrogen-bond donors (Lipinski definition) is 1. The summed E-state index contributed by atoms with van der Waals surface area (Å²) in [5.74, 6) is 0.627. The van der Waals surface area contributed by atoms with E-state index in [0.717, 1.165) is 18.1 Å². The fraction of sp³-hybridized carbons (Fsp3) is 0.364. The summed E-state index contributed by atoms with van der Waals surface area (Å²) in [4.78, 5) is 6.34. The van der Waals surface area contributed by atoms with Crippen LogP contribution in [0.25, 0.3) is 0 Å². The Hall–Kier alpha value is -1.22. The predicted octanol–water partition coefficient (Wildman–Crippen LogP) is 2.03. The number of likely N-dealkylation sites (N-methyl/N-ethyl adjacent to an activating group) is 1. The molecule has 1 unspecified atom stereocenters. The van der Waals surface area contributed by atoms with Crippen molar-refractivity contribution < 1.29 is 0 Å².